The fraction of sp³-hybridized carbons (Fsp3) is 0.118. The summed E-state index contributed by atoms with van der Waals surface area (Å²) in [7, 11) is 1.56. The Labute approximate surface area is 154 Å². The van der Waals surface area contributed by atoms with Gasteiger partial charge in [-0.05, 0) is 35.9 Å². The number of rotatable bonds is 6. The SMILES string of the molecule is COc1cccc(/C=N\NC(=O)CNC(=O)c2ccc(Cl)c(Cl)c2)c1. The molecule has 0 saturated carbocycles. The second kappa shape index (κ2) is 9.05. The van der Waals surface area contributed by atoms with Gasteiger partial charge in [0.25, 0.3) is 11.8 Å². The molecule has 0 bridgehead atoms. The van der Waals surface area contributed by atoms with E-state index in [1.807, 2.05) is 6.07 Å². The van der Waals surface area contributed by atoms with Crippen molar-refractivity contribution >= 4 is 41.2 Å². The van der Waals surface area contributed by atoms with Crippen LogP contribution in [-0.4, -0.2) is 31.7 Å². The molecule has 0 fully saturated rings. The van der Waals surface area contributed by atoms with E-state index in [1.54, 1.807) is 25.3 Å². The Morgan fingerprint density at radius 2 is 1.96 bits per heavy atom. The topological polar surface area (TPSA) is 79.8 Å². The van der Waals surface area contributed by atoms with Gasteiger partial charge in [-0.2, -0.15) is 5.10 Å². The standard InChI is InChI=1S/C17H15Cl2N3O3/c1-25-13-4-2-3-11(7-13)9-21-22-16(23)10-20-17(24)12-5-6-14(18)15(19)8-12/h2-9H,10H2,1H3,(H,20,24)(H,22,23)/b21-9-. The van der Waals surface area contributed by atoms with Crippen molar-refractivity contribution in [2.75, 3.05) is 13.7 Å². The van der Waals surface area contributed by atoms with Crippen LogP contribution in [0.15, 0.2) is 47.6 Å². The molecule has 0 aliphatic heterocycles. The second-order valence-electron chi connectivity index (χ2n) is 4.88. The van der Waals surface area contributed by atoms with E-state index in [2.05, 4.69) is 15.8 Å². The number of hydrogen-bond donors (Lipinski definition) is 2. The largest absolute Gasteiger partial charge is 0.497 e. The number of nitrogens with one attached hydrogen (secondary N) is 2. The summed E-state index contributed by atoms with van der Waals surface area (Å²) in [6, 6.07) is 11.6. The highest BCUT2D eigenvalue weighted by atomic mass is 35.5. The minimum atomic E-state index is -0.465. The van der Waals surface area contributed by atoms with Crippen LogP contribution in [0.2, 0.25) is 10.0 Å². The van der Waals surface area contributed by atoms with E-state index in [1.165, 1.54) is 24.4 Å². The Balaban J connectivity index is 1.82. The lowest BCUT2D eigenvalue weighted by Crippen LogP contribution is -2.34. The molecule has 6 nitrogen and oxygen atoms in total. The monoisotopic (exact) mass is 379 g/mol. The quantitative estimate of drug-likeness (QED) is 0.598. The van der Waals surface area contributed by atoms with Gasteiger partial charge in [-0.25, -0.2) is 5.43 Å². The van der Waals surface area contributed by atoms with Gasteiger partial charge < -0.3 is 10.1 Å². The summed E-state index contributed by atoms with van der Waals surface area (Å²) in [6.07, 6.45) is 1.47. The molecule has 0 aliphatic carbocycles. The zero-order valence-corrected chi connectivity index (χ0v) is 14.8. The summed E-state index contributed by atoms with van der Waals surface area (Å²) in [5, 5.41) is 6.90. The minimum absolute atomic E-state index is 0.228. The molecule has 2 N–H and O–H groups in total. The highest BCUT2D eigenvalue weighted by molar-refractivity contribution is 6.42. The van der Waals surface area contributed by atoms with E-state index >= 15 is 0 Å². The molecule has 2 aromatic carbocycles. The summed E-state index contributed by atoms with van der Waals surface area (Å²) in [5.74, 6) is -0.220. The van der Waals surface area contributed by atoms with Gasteiger partial charge in [0.15, 0.2) is 0 Å². The molecule has 0 unspecified atom stereocenters. The zero-order valence-electron chi connectivity index (χ0n) is 13.3. The number of hydrazone groups is 1. The van der Waals surface area contributed by atoms with E-state index in [0.29, 0.717) is 16.3 Å². The molecule has 0 heterocycles. The van der Waals surface area contributed by atoms with Crippen LogP contribution in [0.3, 0.4) is 0 Å². The molecule has 0 saturated heterocycles. The number of methoxy groups -OCH3 is 1. The Bertz CT molecular complexity index is 809. The maximum Gasteiger partial charge on any atom is 0.259 e. The Morgan fingerprint density at radius 1 is 1.16 bits per heavy atom. The Hall–Kier alpha value is -2.57. The van der Waals surface area contributed by atoms with Crippen molar-refractivity contribution in [2.45, 2.75) is 0 Å². The van der Waals surface area contributed by atoms with Crippen LogP contribution in [-0.2, 0) is 4.79 Å². The van der Waals surface area contributed by atoms with Gasteiger partial charge in [-0.1, -0.05) is 35.3 Å². The van der Waals surface area contributed by atoms with Crippen molar-refractivity contribution < 1.29 is 14.3 Å². The third-order valence-electron chi connectivity index (χ3n) is 3.09. The van der Waals surface area contributed by atoms with Crippen molar-refractivity contribution in [3.8, 4) is 5.75 Å². The fourth-order valence-corrected chi connectivity index (χ4v) is 2.14. The fourth-order valence-electron chi connectivity index (χ4n) is 1.84. The van der Waals surface area contributed by atoms with E-state index in [-0.39, 0.29) is 11.6 Å². The molecule has 2 amide bonds. The molecular formula is C17H15Cl2N3O3. The van der Waals surface area contributed by atoms with Crippen LogP contribution in [0.1, 0.15) is 15.9 Å². The van der Waals surface area contributed by atoms with E-state index in [4.69, 9.17) is 27.9 Å². The summed E-state index contributed by atoms with van der Waals surface area (Å²) < 4.78 is 5.09. The molecule has 0 radical (unpaired) electrons. The van der Waals surface area contributed by atoms with Crippen molar-refractivity contribution in [1.82, 2.24) is 10.7 Å². The third kappa shape index (κ3) is 5.77. The number of carbonyl (C=O) groups excluding carboxylic acids is 2. The van der Waals surface area contributed by atoms with E-state index in [9.17, 15) is 9.59 Å². The second-order valence-corrected chi connectivity index (χ2v) is 5.70. The summed E-state index contributed by atoms with van der Waals surface area (Å²) in [6.45, 7) is -0.228. The first-order valence-electron chi connectivity index (χ1n) is 7.19. The summed E-state index contributed by atoms with van der Waals surface area (Å²) in [5.41, 5.74) is 3.39. The number of amides is 2. The van der Waals surface area contributed by atoms with Crippen molar-refractivity contribution in [2.24, 2.45) is 5.10 Å². The molecule has 2 aromatic rings. The third-order valence-corrected chi connectivity index (χ3v) is 3.83. The first-order chi connectivity index (χ1) is 12.0. The molecule has 2 rings (SSSR count). The Morgan fingerprint density at radius 3 is 2.68 bits per heavy atom. The van der Waals surface area contributed by atoms with Crippen LogP contribution in [0.25, 0.3) is 0 Å². The normalized spacial score (nSPS) is 10.5. The molecule has 25 heavy (non-hydrogen) atoms. The highest BCUT2D eigenvalue weighted by Gasteiger charge is 2.09. The van der Waals surface area contributed by atoms with Crippen molar-refractivity contribution in [3.05, 3.63) is 63.6 Å². The maximum absolute atomic E-state index is 11.9. The highest BCUT2D eigenvalue weighted by Crippen LogP contribution is 2.22. The first-order valence-corrected chi connectivity index (χ1v) is 7.94. The van der Waals surface area contributed by atoms with Crippen molar-refractivity contribution in [1.29, 1.82) is 0 Å². The smallest absolute Gasteiger partial charge is 0.259 e. The molecule has 0 atom stereocenters. The average Bonchev–Trinajstić information content (AvgIpc) is 2.62. The van der Waals surface area contributed by atoms with Gasteiger partial charge in [0.2, 0.25) is 0 Å². The molecule has 0 aliphatic rings. The van der Waals surface area contributed by atoms with Gasteiger partial charge in [0, 0.05) is 5.56 Å². The first kappa shape index (κ1) is 18.8. The van der Waals surface area contributed by atoms with E-state index < -0.39 is 11.8 Å². The number of ether oxygens (including phenoxy) is 1. The van der Waals surface area contributed by atoms with Crippen LogP contribution < -0.4 is 15.5 Å². The average molecular weight is 380 g/mol. The number of carbonyl (C=O) groups is 2. The van der Waals surface area contributed by atoms with Crippen LogP contribution in [0, 0.1) is 0 Å². The van der Waals surface area contributed by atoms with Gasteiger partial charge >= 0.3 is 0 Å². The van der Waals surface area contributed by atoms with Crippen molar-refractivity contribution in [3.63, 3.8) is 0 Å². The lowest BCUT2D eigenvalue weighted by Gasteiger charge is -2.05. The number of hydrogen-bond acceptors (Lipinski definition) is 4. The number of benzene rings is 2. The Kier molecular flexibility index (Phi) is 6.80. The summed E-state index contributed by atoms with van der Waals surface area (Å²) >= 11 is 11.6. The number of nitrogens with zero attached hydrogens (tertiary/aromatic N) is 1. The number of halogens is 2. The predicted octanol–water partition coefficient (Wildman–Crippen LogP) is 2.88. The minimum Gasteiger partial charge on any atom is -0.497 e. The van der Waals surface area contributed by atoms with Gasteiger partial charge in [-0.15, -0.1) is 0 Å². The van der Waals surface area contributed by atoms with E-state index in [0.717, 1.165) is 5.56 Å². The van der Waals surface area contributed by atoms with Crippen LogP contribution in [0.4, 0.5) is 0 Å². The van der Waals surface area contributed by atoms with Gasteiger partial charge in [0.1, 0.15) is 5.75 Å². The lowest BCUT2D eigenvalue weighted by molar-refractivity contribution is -0.120. The molecule has 8 heteroatoms. The zero-order chi connectivity index (χ0) is 18.2. The van der Waals surface area contributed by atoms with Gasteiger partial charge in [0.05, 0.1) is 29.9 Å². The molecule has 0 spiro atoms. The van der Waals surface area contributed by atoms with Crippen LogP contribution >= 0.6 is 23.2 Å². The molecule has 130 valence electrons. The predicted molar refractivity (Wildman–Crippen MR) is 97.5 cm³/mol. The maximum atomic E-state index is 11.9. The summed E-state index contributed by atoms with van der Waals surface area (Å²) in [4.78, 5) is 23.6. The van der Waals surface area contributed by atoms with Gasteiger partial charge in [-0.3, -0.25) is 9.59 Å². The lowest BCUT2D eigenvalue weighted by atomic mass is 10.2. The molecule has 0 aromatic heterocycles. The van der Waals surface area contributed by atoms with Crippen LogP contribution in [0.5, 0.6) is 5.75 Å². The molecular weight excluding hydrogens is 365 g/mol.